The maximum absolute atomic E-state index is 4.73. The Labute approximate surface area is 124 Å². The van der Waals surface area contributed by atoms with Crippen molar-refractivity contribution in [2.24, 2.45) is 0 Å². The fourth-order valence-electron chi connectivity index (χ4n) is 2.71. The SMILES string of the molecule is CCNCc1nc(CN2CCCc3ccccc32)cs1. The van der Waals surface area contributed by atoms with Crippen molar-refractivity contribution < 1.29 is 0 Å². The van der Waals surface area contributed by atoms with Gasteiger partial charge in [-0.2, -0.15) is 0 Å². The van der Waals surface area contributed by atoms with Gasteiger partial charge >= 0.3 is 0 Å². The lowest BCUT2D eigenvalue weighted by atomic mass is 10.0. The summed E-state index contributed by atoms with van der Waals surface area (Å²) < 4.78 is 0. The number of aryl methyl sites for hydroxylation is 1. The van der Waals surface area contributed by atoms with E-state index in [2.05, 4.69) is 46.8 Å². The largest absolute Gasteiger partial charge is 0.365 e. The summed E-state index contributed by atoms with van der Waals surface area (Å²) in [6.45, 7) is 6.07. The molecule has 0 unspecified atom stereocenters. The van der Waals surface area contributed by atoms with Gasteiger partial charge < -0.3 is 10.2 Å². The Hall–Kier alpha value is -1.39. The summed E-state index contributed by atoms with van der Waals surface area (Å²) in [5, 5.41) is 6.72. The van der Waals surface area contributed by atoms with Crippen LogP contribution >= 0.6 is 11.3 Å². The summed E-state index contributed by atoms with van der Waals surface area (Å²) in [4.78, 5) is 7.19. The lowest BCUT2D eigenvalue weighted by Gasteiger charge is -2.30. The smallest absolute Gasteiger partial charge is 0.107 e. The number of thiazole rings is 1. The van der Waals surface area contributed by atoms with Gasteiger partial charge in [-0.25, -0.2) is 4.98 Å². The normalized spacial score (nSPS) is 14.3. The van der Waals surface area contributed by atoms with Crippen molar-refractivity contribution in [3.05, 3.63) is 45.9 Å². The fraction of sp³-hybridized carbons (Fsp3) is 0.438. The zero-order valence-corrected chi connectivity index (χ0v) is 12.7. The number of nitrogens with zero attached hydrogens (tertiary/aromatic N) is 2. The van der Waals surface area contributed by atoms with Crippen LogP contribution in [0.3, 0.4) is 0 Å². The van der Waals surface area contributed by atoms with Crippen LogP contribution in [0.2, 0.25) is 0 Å². The van der Waals surface area contributed by atoms with Crippen molar-refractivity contribution in [3.8, 4) is 0 Å². The molecule has 2 aromatic rings. The highest BCUT2D eigenvalue weighted by Crippen LogP contribution is 2.28. The molecule has 1 aliphatic heterocycles. The van der Waals surface area contributed by atoms with Crippen molar-refractivity contribution in [3.63, 3.8) is 0 Å². The molecule has 1 aromatic carbocycles. The fourth-order valence-corrected chi connectivity index (χ4v) is 3.46. The van der Waals surface area contributed by atoms with Gasteiger partial charge in [0.05, 0.1) is 12.2 Å². The first-order valence-electron chi connectivity index (χ1n) is 7.33. The molecule has 1 aliphatic rings. The van der Waals surface area contributed by atoms with Gasteiger partial charge in [-0.1, -0.05) is 25.1 Å². The molecule has 1 aromatic heterocycles. The van der Waals surface area contributed by atoms with E-state index in [9.17, 15) is 0 Å². The summed E-state index contributed by atoms with van der Waals surface area (Å²) in [5.41, 5.74) is 4.06. The second kappa shape index (κ2) is 6.37. The average molecular weight is 287 g/mol. The maximum atomic E-state index is 4.73. The number of rotatable bonds is 5. The van der Waals surface area contributed by atoms with Gasteiger partial charge in [0.15, 0.2) is 0 Å². The van der Waals surface area contributed by atoms with E-state index < -0.39 is 0 Å². The van der Waals surface area contributed by atoms with E-state index in [1.807, 2.05) is 0 Å². The first-order valence-corrected chi connectivity index (χ1v) is 8.21. The van der Waals surface area contributed by atoms with Crippen LogP contribution in [-0.4, -0.2) is 18.1 Å². The molecule has 0 spiro atoms. The standard InChI is InChI=1S/C16H21N3S/c1-2-17-10-16-18-14(12-20-16)11-19-9-5-7-13-6-3-4-8-15(13)19/h3-4,6,8,12,17H,2,5,7,9-11H2,1H3. The van der Waals surface area contributed by atoms with E-state index >= 15 is 0 Å². The molecule has 0 saturated heterocycles. The molecule has 0 aliphatic carbocycles. The quantitative estimate of drug-likeness (QED) is 0.915. The van der Waals surface area contributed by atoms with Crippen molar-refractivity contribution >= 4 is 17.0 Å². The number of benzene rings is 1. The molecule has 2 heterocycles. The maximum Gasteiger partial charge on any atom is 0.107 e. The number of fused-ring (bicyclic) bond motifs is 1. The highest BCUT2D eigenvalue weighted by Gasteiger charge is 2.17. The highest BCUT2D eigenvalue weighted by atomic mass is 32.1. The van der Waals surface area contributed by atoms with Crippen LogP contribution in [0.15, 0.2) is 29.6 Å². The zero-order chi connectivity index (χ0) is 13.8. The second-order valence-electron chi connectivity index (χ2n) is 5.17. The minimum Gasteiger partial charge on any atom is -0.365 e. The van der Waals surface area contributed by atoms with E-state index in [0.717, 1.165) is 26.2 Å². The summed E-state index contributed by atoms with van der Waals surface area (Å²) >= 11 is 1.76. The Kier molecular flexibility index (Phi) is 4.33. The van der Waals surface area contributed by atoms with Crippen LogP contribution in [0.4, 0.5) is 5.69 Å². The first kappa shape index (κ1) is 13.6. The molecule has 0 amide bonds. The van der Waals surface area contributed by atoms with Gasteiger partial charge in [-0.15, -0.1) is 11.3 Å². The van der Waals surface area contributed by atoms with Gasteiger partial charge in [0, 0.05) is 24.2 Å². The molecule has 3 rings (SSSR count). The minimum absolute atomic E-state index is 0.887. The lowest BCUT2D eigenvalue weighted by molar-refractivity contribution is 0.680. The monoisotopic (exact) mass is 287 g/mol. The molecule has 0 bridgehead atoms. The molecule has 0 fully saturated rings. The Bertz CT molecular complexity index is 564. The molecular weight excluding hydrogens is 266 g/mol. The molecular formula is C16H21N3S. The summed E-state index contributed by atoms with van der Waals surface area (Å²) in [5.74, 6) is 0. The van der Waals surface area contributed by atoms with Gasteiger partial charge in [0.25, 0.3) is 0 Å². The second-order valence-corrected chi connectivity index (χ2v) is 6.11. The number of para-hydroxylation sites is 1. The van der Waals surface area contributed by atoms with Crippen molar-refractivity contribution in [1.82, 2.24) is 10.3 Å². The van der Waals surface area contributed by atoms with Crippen LogP contribution < -0.4 is 10.2 Å². The third-order valence-electron chi connectivity index (χ3n) is 3.68. The summed E-state index contributed by atoms with van der Waals surface area (Å²) in [7, 11) is 0. The molecule has 106 valence electrons. The number of nitrogens with one attached hydrogen (secondary N) is 1. The molecule has 0 atom stereocenters. The third-order valence-corrected chi connectivity index (χ3v) is 4.58. The van der Waals surface area contributed by atoms with Gasteiger partial charge in [-0.3, -0.25) is 0 Å². The minimum atomic E-state index is 0.887. The summed E-state index contributed by atoms with van der Waals surface area (Å²) in [6.07, 6.45) is 2.45. The zero-order valence-electron chi connectivity index (χ0n) is 11.9. The molecule has 1 N–H and O–H groups in total. The van der Waals surface area contributed by atoms with Gasteiger partial charge in [-0.05, 0) is 31.0 Å². The Morgan fingerprint density at radius 1 is 1.35 bits per heavy atom. The van der Waals surface area contributed by atoms with Crippen LogP contribution in [0.25, 0.3) is 0 Å². The molecule has 0 saturated carbocycles. The predicted octanol–water partition coefficient (Wildman–Crippen LogP) is 3.21. The predicted molar refractivity (Wildman–Crippen MR) is 85.3 cm³/mol. The van der Waals surface area contributed by atoms with E-state index in [1.165, 1.54) is 34.8 Å². The Morgan fingerprint density at radius 3 is 3.15 bits per heavy atom. The molecule has 4 heteroatoms. The van der Waals surface area contributed by atoms with E-state index in [1.54, 1.807) is 11.3 Å². The van der Waals surface area contributed by atoms with Crippen molar-refractivity contribution in [2.45, 2.75) is 32.9 Å². The first-order chi connectivity index (χ1) is 9.86. The van der Waals surface area contributed by atoms with Crippen LogP contribution in [0.1, 0.15) is 29.6 Å². The molecule has 3 nitrogen and oxygen atoms in total. The van der Waals surface area contributed by atoms with Crippen LogP contribution in [-0.2, 0) is 19.5 Å². The number of hydrogen-bond donors (Lipinski definition) is 1. The average Bonchev–Trinajstić information content (AvgIpc) is 2.93. The molecule has 0 radical (unpaired) electrons. The third kappa shape index (κ3) is 3.02. The lowest BCUT2D eigenvalue weighted by Crippen LogP contribution is -2.28. The van der Waals surface area contributed by atoms with E-state index in [0.29, 0.717) is 0 Å². The number of aromatic nitrogens is 1. The van der Waals surface area contributed by atoms with Crippen molar-refractivity contribution in [1.29, 1.82) is 0 Å². The van der Waals surface area contributed by atoms with Crippen molar-refractivity contribution in [2.75, 3.05) is 18.0 Å². The molecule has 20 heavy (non-hydrogen) atoms. The highest BCUT2D eigenvalue weighted by molar-refractivity contribution is 7.09. The van der Waals surface area contributed by atoms with Gasteiger partial charge in [0.2, 0.25) is 0 Å². The van der Waals surface area contributed by atoms with Crippen LogP contribution in [0.5, 0.6) is 0 Å². The summed E-state index contributed by atoms with van der Waals surface area (Å²) in [6, 6.07) is 8.76. The number of anilines is 1. The topological polar surface area (TPSA) is 28.2 Å². The Morgan fingerprint density at radius 2 is 2.25 bits per heavy atom. The Balaban J connectivity index is 1.71. The van der Waals surface area contributed by atoms with Crippen LogP contribution in [0, 0.1) is 0 Å². The number of hydrogen-bond acceptors (Lipinski definition) is 4. The van der Waals surface area contributed by atoms with E-state index in [4.69, 9.17) is 4.98 Å². The van der Waals surface area contributed by atoms with Gasteiger partial charge in [0.1, 0.15) is 5.01 Å². The van der Waals surface area contributed by atoms with E-state index in [-0.39, 0.29) is 0 Å².